The van der Waals surface area contributed by atoms with Gasteiger partial charge in [-0.15, -0.1) is 0 Å². The molecule has 3 unspecified atom stereocenters. The first kappa shape index (κ1) is 17.2. The molecule has 1 aliphatic heterocycles. The van der Waals surface area contributed by atoms with E-state index in [2.05, 4.69) is 50.1 Å². The van der Waals surface area contributed by atoms with Gasteiger partial charge >= 0.3 is 5.97 Å². The standard InChI is InChI=1S/C18H30N2O2/c1-13(2)15-12-18(3,4)20-19-16(17(21)22-15)14-10-8-6-5-7-9-11-14/h8,10,13-16H,5-7,9,11-12H2,1-4H3. The van der Waals surface area contributed by atoms with E-state index in [-0.39, 0.29) is 23.5 Å². The molecule has 2 rings (SSSR count). The van der Waals surface area contributed by atoms with Gasteiger partial charge < -0.3 is 4.74 Å². The lowest BCUT2D eigenvalue weighted by molar-refractivity contribution is -0.156. The summed E-state index contributed by atoms with van der Waals surface area (Å²) < 4.78 is 5.80. The number of hydrogen-bond donors (Lipinski definition) is 0. The lowest BCUT2D eigenvalue weighted by Crippen LogP contribution is -2.39. The summed E-state index contributed by atoms with van der Waals surface area (Å²) >= 11 is 0. The van der Waals surface area contributed by atoms with Crippen molar-refractivity contribution in [3.05, 3.63) is 12.2 Å². The van der Waals surface area contributed by atoms with E-state index in [1.165, 1.54) is 12.8 Å². The molecule has 0 amide bonds. The number of allylic oxidation sites excluding steroid dienone is 1. The van der Waals surface area contributed by atoms with Crippen molar-refractivity contribution < 1.29 is 9.53 Å². The number of carbonyl (C=O) groups excluding carboxylic acids is 1. The number of nitrogens with zero attached hydrogens (tertiary/aromatic N) is 2. The largest absolute Gasteiger partial charge is 0.460 e. The van der Waals surface area contributed by atoms with E-state index >= 15 is 0 Å². The first-order valence-electron chi connectivity index (χ1n) is 8.68. The maximum Gasteiger partial charge on any atom is 0.333 e. The van der Waals surface area contributed by atoms with Crippen molar-refractivity contribution in [2.45, 2.75) is 83.9 Å². The van der Waals surface area contributed by atoms with Crippen LogP contribution in [0, 0.1) is 11.8 Å². The second kappa shape index (κ2) is 7.38. The quantitative estimate of drug-likeness (QED) is 0.548. The van der Waals surface area contributed by atoms with Crippen LogP contribution in [0.1, 0.15) is 66.2 Å². The SMILES string of the molecule is CC(C)C1CC(C)(C)N=NC(C2C=CCCCCC2)C(=O)O1. The molecule has 22 heavy (non-hydrogen) atoms. The monoisotopic (exact) mass is 306 g/mol. The average molecular weight is 306 g/mol. The molecule has 0 spiro atoms. The Bertz CT molecular complexity index is 440. The highest BCUT2D eigenvalue weighted by atomic mass is 16.5. The van der Waals surface area contributed by atoms with Crippen LogP contribution in [0.2, 0.25) is 0 Å². The van der Waals surface area contributed by atoms with Crippen LogP contribution in [0.15, 0.2) is 22.4 Å². The third-order valence-electron chi connectivity index (χ3n) is 4.60. The van der Waals surface area contributed by atoms with E-state index in [0.29, 0.717) is 5.92 Å². The van der Waals surface area contributed by atoms with E-state index in [1.807, 2.05) is 0 Å². The number of ether oxygens (including phenoxy) is 1. The Labute approximate surface area is 134 Å². The minimum absolute atomic E-state index is 0.0817. The fourth-order valence-corrected chi connectivity index (χ4v) is 3.14. The van der Waals surface area contributed by atoms with Gasteiger partial charge in [0.1, 0.15) is 6.10 Å². The van der Waals surface area contributed by atoms with Gasteiger partial charge in [-0.3, -0.25) is 0 Å². The molecule has 0 bridgehead atoms. The van der Waals surface area contributed by atoms with Crippen molar-refractivity contribution in [2.24, 2.45) is 22.1 Å². The molecule has 0 fully saturated rings. The zero-order chi connectivity index (χ0) is 16.2. The fourth-order valence-electron chi connectivity index (χ4n) is 3.14. The molecule has 3 atom stereocenters. The molecule has 0 radical (unpaired) electrons. The first-order valence-corrected chi connectivity index (χ1v) is 8.68. The molecular formula is C18H30N2O2. The van der Waals surface area contributed by atoms with E-state index in [4.69, 9.17) is 4.74 Å². The molecule has 0 saturated heterocycles. The number of cyclic esters (lactones) is 1. The highest BCUT2D eigenvalue weighted by molar-refractivity contribution is 5.77. The molecule has 2 aliphatic rings. The molecular weight excluding hydrogens is 276 g/mol. The topological polar surface area (TPSA) is 51.0 Å². The molecule has 1 aliphatic carbocycles. The molecule has 0 aromatic heterocycles. The van der Waals surface area contributed by atoms with E-state index in [1.54, 1.807) is 0 Å². The van der Waals surface area contributed by atoms with Crippen LogP contribution in [0.25, 0.3) is 0 Å². The number of esters is 1. The minimum atomic E-state index is -0.477. The van der Waals surface area contributed by atoms with Gasteiger partial charge in [0, 0.05) is 12.3 Å². The van der Waals surface area contributed by atoms with Crippen LogP contribution in [-0.2, 0) is 9.53 Å². The summed E-state index contributed by atoms with van der Waals surface area (Å²) in [6, 6.07) is -0.477. The van der Waals surface area contributed by atoms with Crippen LogP contribution >= 0.6 is 0 Å². The summed E-state index contributed by atoms with van der Waals surface area (Å²) in [5.74, 6) is 0.219. The zero-order valence-corrected chi connectivity index (χ0v) is 14.4. The fraction of sp³-hybridized carbons (Fsp3) is 0.833. The van der Waals surface area contributed by atoms with E-state index in [0.717, 1.165) is 25.7 Å². The Kier molecular flexibility index (Phi) is 5.76. The van der Waals surface area contributed by atoms with Gasteiger partial charge in [-0.1, -0.05) is 38.8 Å². The molecule has 124 valence electrons. The molecule has 1 heterocycles. The van der Waals surface area contributed by atoms with Gasteiger partial charge in [0.15, 0.2) is 6.04 Å². The maximum atomic E-state index is 12.6. The first-order chi connectivity index (χ1) is 10.4. The van der Waals surface area contributed by atoms with Crippen molar-refractivity contribution >= 4 is 5.97 Å². The van der Waals surface area contributed by atoms with E-state index < -0.39 is 6.04 Å². The van der Waals surface area contributed by atoms with Gasteiger partial charge in [0.05, 0.1) is 5.54 Å². The van der Waals surface area contributed by atoms with Crippen LogP contribution in [0.3, 0.4) is 0 Å². The molecule has 0 N–H and O–H groups in total. The van der Waals surface area contributed by atoms with Crippen molar-refractivity contribution in [1.29, 1.82) is 0 Å². The zero-order valence-electron chi connectivity index (χ0n) is 14.4. The predicted octanol–water partition coefficient (Wildman–Crippen LogP) is 4.69. The molecule has 0 aromatic rings. The maximum absolute atomic E-state index is 12.6. The number of rotatable bonds is 2. The van der Waals surface area contributed by atoms with Gasteiger partial charge in [-0.25, -0.2) is 4.79 Å². The lowest BCUT2D eigenvalue weighted by Gasteiger charge is -2.32. The van der Waals surface area contributed by atoms with Crippen LogP contribution in [0.4, 0.5) is 0 Å². The average Bonchev–Trinajstić information content (AvgIpc) is 2.38. The second-order valence-electron chi connectivity index (χ2n) is 7.63. The van der Waals surface area contributed by atoms with Crippen molar-refractivity contribution in [2.75, 3.05) is 0 Å². The smallest absolute Gasteiger partial charge is 0.333 e. The molecule has 0 saturated carbocycles. The van der Waals surface area contributed by atoms with Gasteiger partial charge in [0.25, 0.3) is 0 Å². The summed E-state index contributed by atoms with van der Waals surface area (Å²) in [7, 11) is 0. The third-order valence-corrected chi connectivity index (χ3v) is 4.60. The Morgan fingerprint density at radius 1 is 1.27 bits per heavy atom. The summed E-state index contributed by atoms with van der Waals surface area (Å²) in [5.41, 5.74) is -0.279. The van der Waals surface area contributed by atoms with Crippen LogP contribution in [-0.4, -0.2) is 23.7 Å². The van der Waals surface area contributed by atoms with Gasteiger partial charge in [0.2, 0.25) is 0 Å². The lowest BCUT2D eigenvalue weighted by atomic mass is 9.89. The Hall–Kier alpha value is -1.19. The molecule has 0 aromatic carbocycles. The highest BCUT2D eigenvalue weighted by Gasteiger charge is 2.36. The summed E-state index contributed by atoms with van der Waals surface area (Å²) in [6.45, 7) is 8.32. The number of carbonyl (C=O) groups is 1. The molecule has 4 nitrogen and oxygen atoms in total. The van der Waals surface area contributed by atoms with Crippen LogP contribution in [0.5, 0.6) is 0 Å². The summed E-state index contributed by atoms with van der Waals surface area (Å²) in [5, 5.41) is 8.91. The van der Waals surface area contributed by atoms with Crippen LogP contribution < -0.4 is 0 Å². The summed E-state index contributed by atoms with van der Waals surface area (Å²) in [4.78, 5) is 12.6. The highest BCUT2D eigenvalue weighted by Crippen LogP contribution is 2.30. The van der Waals surface area contributed by atoms with Crippen molar-refractivity contribution in [3.8, 4) is 0 Å². The van der Waals surface area contributed by atoms with Gasteiger partial charge in [-0.2, -0.15) is 10.2 Å². The minimum Gasteiger partial charge on any atom is -0.460 e. The summed E-state index contributed by atoms with van der Waals surface area (Å²) in [6.07, 6.45) is 10.7. The van der Waals surface area contributed by atoms with E-state index in [9.17, 15) is 4.79 Å². The van der Waals surface area contributed by atoms with Crippen molar-refractivity contribution in [1.82, 2.24) is 0 Å². The Morgan fingerprint density at radius 2 is 2.05 bits per heavy atom. The molecule has 4 heteroatoms. The third kappa shape index (κ3) is 4.65. The predicted molar refractivity (Wildman–Crippen MR) is 87.8 cm³/mol. The normalized spacial score (nSPS) is 32.8. The van der Waals surface area contributed by atoms with Gasteiger partial charge in [-0.05, 0) is 39.0 Å². The Morgan fingerprint density at radius 3 is 2.77 bits per heavy atom. The second-order valence-corrected chi connectivity index (χ2v) is 7.63. The van der Waals surface area contributed by atoms with Crippen molar-refractivity contribution in [3.63, 3.8) is 0 Å². The number of hydrogen-bond acceptors (Lipinski definition) is 4. The number of azo groups is 1. The Balaban J connectivity index is 2.23.